The molecule has 0 aliphatic rings. The fourth-order valence-electron chi connectivity index (χ4n) is 1.26. The Labute approximate surface area is 83.5 Å². The molecule has 4 nitrogen and oxygen atoms in total. The van der Waals surface area contributed by atoms with Crippen molar-refractivity contribution in [3.05, 3.63) is 23.8 Å². The lowest BCUT2D eigenvalue weighted by atomic mass is 9.93. The molecule has 0 unspecified atom stereocenters. The first kappa shape index (κ1) is 10.8. The van der Waals surface area contributed by atoms with E-state index in [9.17, 15) is 0 Å². The summed E-state index contributed by atoms with van der Waals surface area (Å²) in [6.45, 7) is 1.59. The Balaban J connectivity index is 3.20. The number of aliphatic hydroxyl groups excluding tert-OH is 1. The molecule has 1 rings (SSSR count). The number of aliphatic hydroxyl groups is 1. The van der Waals surface area contributed by atoms with Gasteiger partial charge in [-0.2, -0.15) is 0 Å². The van der Waals surface area contributed by atoms with Crippen LogP contribution in [0.25, 0.3) is 0 Å². The lowest BCUT2D eigenvalue weighted by Crippen LogP contribution is -2.37. The summed E-state index contributed by atoms with van der Waals surface area (Å²) < 4.78 is 5.14. The summed E-state index contributed by atoms with van der Waals surface area (Å²) >= 11 is 0. The Hall–Kier alpha value is -1.26. The summed E-state index contributed by atoms with van der Waals surface area (Å²) in [5, 5.41) is 9.12. The van der Waals surface area contributed by atoms with Gasteiger partial charge < -0.3 is 21.3 Å². The van der Waals surface area contributed by atoms with Gasteiger partial charge in [0.2, 0.25) is 0 Å². The van der Waals surface area contributed by atoms with Gasteiger partial charge in [0.25, 0.3) is 0 Å². The summed E-state index contributed by atoms with van der Waals surface area (Å²) in [6, 6.07) is 5.19. The van der Waals surface area contributed by atoms with Gasteiger partial charge in [-0.05, 0) is 13.0 Å². The number of nitrogens with two attached hydrogens (primary N) is 2. The SMILES string of the molecule is COc1cc(N)ccc1[C@](C)(N)CO. The van der Waals surface area contributed by atoms with Crippen molar-refractivity contribution in [2.45, 2.75) is 12.5 Å². The van der Waals surface area contributed by atoms with Gasteiger partial charge in [0.15, 0.2) is 0 Å². The molecule has 1 aromatic carbocycles. The summed E-state index contributed by atoms with van der Waals surface area (Å²) in [7, 11) is 1.55. The Kier molecular flexibility index (Phi) is 2.98. The maximum atomic E-state index is 9.12. The van der Waals surface area contributed by atoms with E-state index >= 15 is 0 Å². The molecular weight excluding hydrogens is 180 g/mol. The fourth-order valence-corrected chi connectivity index (χ4v) is 1.26. The first-order valence-electron chi connectivity index (χ1n) is 4.35. The number of anilines is 1. The Bertz CT molecular complexity index is 324. The first-order chi connectivity index (χ1) is 6.51. The molecule has 0 radical (unpaired) electrons. The number of hydrogen-bond donors (Lipinski definition) is 3. The smallest absolute Gasteiger partial charge is 0.126 e. The monoisotopic (exact) mass is 196 g/mol. The van der Waals surface area contributed by atoms with Crippen LogP contribution in [0, 0.1) is 0 Å². The number of rotatable bonds is 3. The summed E-state index contributed by atoms with van der Waals surface area (Å²) in [4.78, 5) is 0. The lowest BCUT2D eigenvalue weighted by Gasteiger charge is -2.24. The van der Waals surface area contributed by atoms with Crippen molar-refractivity contribution in [2.24, 2.45) is 5.73 Å². The molecule has 0 aliphatic heterocycles. The van der Waals surface area contributed by atoms with Crippen molar-refractivity contribution in [3.63, 3.8) is 0 Å². The molecule has 4 heteroatoms. The molecule has 0 bridgehead atoms. The van der Waals surface area contributed by atoms with Crippen LogP contribution >= 0.6 is 0 Å². The Morgan fingerprint density at radius 1 is 1.50 bits per heavy atom. The van der Waals surface area contributed by atoms with E-state index in [0.717, 1.165) is 5.56 Å². The third kappa shape index (κ3) is 1.97. The van der Waals surface area contributed by atoms with Crippen LogP contribution < -0.4 is 16.2 Å². The molecule has 0 aliphatic carbocycles. The van der Waals surface area contributed by atoms with E-state index < -0.39 is 5.54 Å². The molecule has 1 atom stereocenters. The lowest BCUT2D eigenvalue weighted by molar-refractivity contribution is 0.206. The van der Waals surface area contributed by atoms with Crippen LogP contribution in [0.15, 0.2) is 18.2 Å². The number of hydrogen-bond acceptors (Lipinski definition) is 4. The maximum Gasteiger partial charge on any atom is 0.126 e. The Morgan fingerprint density at radius 3 is 2.64 bits per heavy atom. The molecule has 14 heavy (non-hydrogen) atoms. The van der Waals surface area contributed by atoms with Crippen molar-refractivity contribution in [1.29, 1.82) is 0 Å². The van der Waals surface area contributed by atoms with E-state index in [2.05, 4.69) is 0 Å². The molecule has 0 aromatic heterocycles. The zero-order chi connectivity index (χ0) is 10.8. The van der Waals surface area contributed by atoms with Gasteiger partial charge in [0, 0.05) is 17.3 Å². The summed E-state index contributed by atoms with van der Waals surface area (Å²) in [6.07, 6.45) is 0. The van der Waals surface area contributed by atoms with Gasteiger partial charge in [-0.3, -0.25) is 0 Å². The highest BCUT2D eigenvalue weighted by Gasteiger charge is 2.23. The predicted octanol–water partition coefficient (Wildman–Crippen LogP) is 0.444. The summed E-state index contributed by atoms with van der Waals surface area (Å²) in [5.74, 6) is 0.601. The highest BCUT2D eigenvalue weighted by atomic mass is 16.5. The average Bonchev–Trinajstić information content (AvgIpc) is 2.17. The zero-order valence-electron chi connectivity index (χ0n) is 8.45. The van der Waals surface area contributed by atoms with Crippen molar-refractivity contribution in [1.82, 2.24) is 0 Å². The second-order valence-corrected chi connectivity index (χ2v) is 3.54. The zero-order valence-corrected chi connectivity index (χ0v) is 8.45. The van der Waals surface area contributed by atoms with Crippen LogP contribution in [-0.2, 0) is 5.54 Å². The number of nitrogen functional groups attached to an aromatic ring is 1. The van der Waals surface area contributed by atoms with Crippen molar-refractivity contribution in [2.75, 3.05) is 19.5 Å². The van der Waals surface area contributed by atoms with Gasteiger partial charge in [0.05, 0.1) is 19.3 Å². The second-order valence-electron chi connectivity index (χ2n) is 3.54. The fraction of sp³-hybridized carbons (Fsp3) is 0.400. The van der Waals surface area contributed by atoms with Crippen LogP contribution in [-0.4, -0.2) is 18.8 Å². The van der Waals surface area contributed by atoms with Gasteiger partial charge in [0.1, 0.15) is 5.75 Å². The van der Waals surface area contributed by atoms with Crippen LogP contribution in [0.2, 0.25) is 0 Å². The first-order valence-corrected chi connectivity index (χ1v) is 4.35. The topological polar surface area (TPSA) is 81.5 Å². The van der Waals surface area contributed by atoms with Gasteiger partial charge in [-0.1, -0.05) is 6.07 Å². The van der Waals surface area contributed by atoms with Crippen LogP contribution in [0.3, 0.4) is 0 Å². The molecule has 0 heterocycles. The third-order valence-corrected chi connectivity index (χ3v) is 2.17. The highest BCUT2D eigenvalue weighted by molar-refractivity contribution is 5.50. The van der Waals surface area contributed by atoms with Crippen molar-refractivity contribution >= 4 is 5.69 Å². The van der Waals surface area contributed by atoms with Crippen molar-refractivity contribution < 1.29 is 9.84 Å². The minimum atomic E-state index is -0.807. The maximum absolute atomic E-state index is 9.12. The molecule has 0 spiro atoms. The number of ether oxygens (including phenoxy) is 1. The van der Waals surface area contributed by atoms with Gasteiger partial charge in [-0.25, -0.2) is 0 Å². The summed E-state index contributed by atoms with van der Waals surface area (Å²) in [5.41, 5.74) is 12.0. The molecule has 78 valence electrons. The minimum Gasteiger partial charge on any atom is -0.496 e. The van der Waals surface area contributed by atoms with E-state index in [-0.39, 0.29) is 6.61 Å². The molecule has 0 amide bonds. The van der Waals surface area contributed by atoms with Gasteiger partial charge in [-0.15, -0.1) is 0 Å². The van der Waals surface area contributed by atoms with E-state index in [1.165, 1.54) is 0 Å². The normalized spacial score (nSPS) is 14.9. The molecule has 1 aromatic rings. The Morgan fingerprint density at radius 2 is 2.14 bits per heavy atom. The molecule has 0 fully saturated rings. The number of methoxy groups -OCH3 is 1. The van der Waals surface area contributed by atoms with E-state index in [4.69, 9.17) is 21.3 Å². The molecule has 0 saturated heterocycles. The van der Waals surface area contributed by atoms with E-state index in [0.29, 0.717) is 11.4 Å². The molecule has 0 saturated carbocycles. The van der Waals surface area contributed by atoms with Crippen LogP contribution in [0.1, 0.15) is 12.5 Å². The molecule has 5 N–H and O–H groups in total. The van der Waals surface area contributed by atoms with E-state index in [1.54, 1.807) is 32.2 Å². The van der Waals surface area contributed by atoms with Crippen LogP contribution in [0.5, 0.6) is 5.75 Å². The standard InChI is InChI=1S/C10H16N2O2/c1-10(12,6-13)8-4-3-7(11)5-9(8)14-2/h3-5,13H,6,11-12H2,1-2H3/t10-/m1/s1. The average molecular weight is 196 g/mol. The molecular formula is C10H16N2O2. The minimum absolute atomic E-state index is 0.146. The van der Waals surface area contributed by atoms with Crippen molar-refractivity contribution in [3.8, 4) is 5.75 Å². The van der Waals surface area contributed by atoms with Crippen LogP contribution in [0.4, 0.5) is 5.69 Å². The van der Waals surface area contributed by atoms with Gasteiger partial charge >= 0.3 is 0 Å². The van der Waals surface area contributed by atoms with E-state index in [1.807, 2.05) is 0 Å². The predicted molar refractivity (Wildman–Crippen MR) is 56.0 cm³/mol. The third-order valence-electron chi connectivity index (χ3n) is 2.17. The highest BCUT2D eigenvalue weighted by Crippen LogP contribution is 2.29. The largest absolute Gasteiger partial charge is 0.496 e. The number of benzene rings is 1. The quantitative estimate of drug-likeness (QED) is 0.613. The second kappa shape index (κ2) is 3.86.